The van der Waals surface area contributed by atoms with Crippen LogP contribution in [0.25, 0.3) is 0 Å². The molecule has 25 heavy (non-hydrogen) atoms. The number of benzene rings is 1. The summed E-state index contributed by atoms with van der Waals surface area (Å²) in [4.78, 5) is 25.4. The Bertz CT molecular complexity index is 625. The van der Waals surface area contributed by atoms with Crippen molar-refractivity contribution in [1.82, 2.24) is 5.32 Å². The Morgan fingerprint density at radius 3 is 2.76 bits per heavy atom. The van der Waals surface area contributed by atoms with Crippen molar-refractivity contribution < 1.29 is 19.2 Å². The summed E-state index contributed by atoms with van der Waals surface area (Å²) in [6, 6.07) is 4.49. The highest BCUT2D eigenvalue weighted by Gasteiger charge is 2.23. The number of nitrogens with zero attached hydrogens (tertiary/aromatic N) is 2. The van der Waals surface area contributed by atoms with E-state index < -0.39 is 4.92 Å². The number of anilines is 1. The number of nitro benzene ring substituents is 1. The normalized spacial score (nSPS) is 21.0. The molecule has 136 valence electrons. The van der Waals surface area contributed by atoms with E-state index >= 15 is 0 Å². The number of piperidine rings is 1. The quantitative estimate of drug-likeness (QED) is 0.643. The minimum absolute atomic E-state index is 0.0804. The maximum Gasteiger partial charge on any atom is 0.270 e. The number of rotatable bonds is 5. The molecule has 2 aliphatic rings. The van der Waals surface area contributed by atoms with E-state index in [0.29, 0.717) is 31.9 Å². The van der Waals surface area contributed by atoms with Crippen molar-refractivity contribution in [3.05, 3.63) is 33.9 Å². The fourth-order valence-electron chi connectivity index (χ4n) is 3.19. The van der Waals surface area contributed by atoms with Crippen molar-refractivity contribution in [3.63, 3.8) is 0 Å². The van der Waals surface area contributed by atoms with E-state index in [2.05, 4.69) is 10.2 Å². The Hall–Kier alpha value is -2.19. The van der Waals surface area contributed by atoms with Crippen LogP contribution in [-0.4, -0.2) is 56.4 Å². The zero-order chi connectivity index (χ0) is 17.6. The standard InChI is InChI=1S/C17H23N3O5/c21-17(18-11-14-12-24-8-9-25-14)15-10-13(20(22)23)4-5-16(15)19-6-2-1-3-7-19/h4-5,10,14H,1-3,6-9,11-12H2,(H,18,21)/t14-/m1/s1. The molecule has 1 amide bonds. The molecule has 1 aromatic rings. The van der Waals surface area contributed by atoms with Crippen LogP contribution in [0, 0.1) is 10.1 Å². The first kappa shape index (κ1) is 17.6. The first-order valence-electron chi connectivity index (χ1n) is 8.66. The Labute approximate surface area is 146 Å². The summed E-state index contributed by atoms with van der Waals surface area (Å²) < 4.78 is 10.8. The van der Waals surface area contributed by atoms with Gasteiger partial charge in [-0.25, -0.2) is 0 Å². The van der Waals surface area contributed by atoms with E-state index in [-0.39, 0.29) is 17.7 Å². The highest BCUT2D eigenvalue weighted by Crippen LogP contribution is 2.28. The van der Waals surface area contributed by atoms with Crippen molar-refractivity contribution in [3.8, 4) is 0 Å². The number of hydrogen-bond donors (Lipinski definition) is 1. The third kappa shape index (κ3) is 4.46. The van der Waals surface area contributed by atoms with E-state index in [9.17, 15) is 14.9 Å². The summed E-state index contributed by atoms with van der Waals surface area (Å²) in [5.74, 6) is -0.321. The van der Waals surface area contributed by atoms with Gasteiger partial charge in [0, 0.05) is 31.8 Å². The van der Waals surface area contributed by atoms with Gasteiger partial charge in [-0.2, -0.15) is 0 Å². The third-order valence-corrected chi connectivity index (χ3v) is 4.51. The number of amides is 1. The number of carbonyl (C=O) groups is 1. The topological polar surface area (TPSA) is 93.9 Å². The first-order chi connectivity index (χ1) is 12.1. The minimum Gasteiger partial charge on any atom is -0.376 e. The molecule has 2 saturated heterocycles. The van der Waals surface area contributed by atoms with Gasteiger partial charge in [0.05, 0.1) is 42.1 Å². The van der Waals surface area contributed by atoms with Crippen LogP contribution in [0.2, 0.25) is 0 Å². The maximum atomic E-state index is 12.7. The SMILES string of the molecule is O=C(NC[C@@H]1COCCO1)c1cc([N+](=O)[O-])ccc1N1CCCCC1. The van der Waals surface area contributed by atoms with Gasteiger partial charge in [-0.3, -0.25) is 14.9 Å². The molecule has 0 unspecified atom stereocenters. The molecule has 3 rings (SSSR count). The molecular weight excluding hydrogens is 326 g/mol. The molecule has 2 heterocycles. The molecule has 2 aliphatic heterocycles. The van der Waals surface area contributed by atoms with E-state index in [4.69, 9.17) is 9.47 Å². The molecule has 8 nitrogen and oxygen atoms in total. The molecule has 1 N–H and O–H groups in total. The predicted molar refractivity (Wildman–Crippen MR) is 92.1 cm³/mol. The van der Waals surface area contributed by atoms with Crippen LogP contribution in [0.3, 0.4) is 0 Å². The summed E-state index contributed by atoms with van der Waals surface area (Å²) in [6.07, 6.45) is 3.11. The smallest absolute Gasteiger partial charge is 0.270 e. The summed E-state index contributed by atoms with van der Waals surface area (Å²) in [5, 5.41) is 13.9. The summed E-state index contributed by atoms with van der Waals surface area (Å²) in [7, 11) is 0. The molecule has 1 atom stereocenters. The second kappa shape index (κ2) is 8.26. The van der Waals surface area contributed by atoms with Gasteiger partial charge >= 0.3 is 0 Å². The molecule has 0 bridgehead atoms. The van der Waals surface area contributed by atoms with Crippen molar-refractivity contribution in [2.45, 2.75) is 25.4 Å². The van der Waals surface area contributed by atoms with Crippen LogP contribution >= 0.6 is 0 Å². The van der Waals surface area contributed by atoms with Crippen LogP contribution in [0.4, 0.5) is 11.4 Å². The van der Waals surface area contributed by atoms with Gasteiger partial charge in [-0.15, -0.1) is 0 Å². The minimum atomic E-state index is -0.477. The highest BCUT2D eigenvalue weighted by atomic mass is 16.6. The summed E-state index contributed by atoms with van der Waals surface area (Å²) >= 11 is 0. The largest absolute Gasteiger partial charge is 0.376 e. The summed E-state index contributed by atoms with van der Waals surface area (Å²) in [6.45, 7) is 3.55. The Morgan fingerprint density at radius 1 is 1.28 bits per heavy atom. The number of carbonyl (C=O) groups excluding carboxylic acids is 1. The van der Waals surface area contributed by atoms with Gasteiger partial charge < -0.3 is 19.7 Å². The number of nitro groups is 1. The Morgan fingerprint density at radius 2 is 2.08 bits per heavy atom. The van der Waals surface area contributed by atoms with Crippen LogP contribution in [0.15, 0.2) is 18.2 Å². The Balaban J connectivity index is 1.76. The first-order valence-corrected chi connectivity index (χ1v) is 8.66. The molecule has 0 radical (unpaired) electrons. The molecule has 0 aromatic heterocycles. The zero-order valence-corrected chi connectivity index (χ0v) is 14.1. The Kier molecular flexibility index (Phi) is 5.83. The van der Waals surface area contributed by atoms with Crippen molar-refractivity contribution >= 4 is 17.3 Å². The second-order valence-corrected chi connectivity index (χ2v) is 6.28. The van der Waals surface area contributed by atoms with Gasteiger partial charge in [-0.1, -0.05) is 0 Å². The van der Waals surface area contributed by atoms with Gasteiger partial charge in [0.25, 0.3) is 11.6 Å². The lowest BCUT2D eigenvalue weighted by molar-refractivity contribution is -0.384. The lowest BCUT2D eigenvalue weighted by atomic mass is 10.1. The molecule has 0 saturated carbocycles. The average molecular weight is 349 g/mol. The molecule has 1 aromatic carbocycles. The number of hydrogen-bond acceptors (Lipinski definition) is 6. The highest BCUT2D eigenvalue weighted by molar-refractivity contribution is 6.00. The van der Waals surface area contributed by atoms with Gasteiger partial charge in [0.1, 0.15) is 0 Å². The molecule has 0 aliphatic carbocycles. The average Bonchev–Trinajstić information content (AvgIpc) is 2.67. The monoisotopic (exact) mass is 349 g/mol. The van der Waals surface area contributed by atoms with E-state index in [1.54, 1.807) is 6.07 Å². The van der Waals surface area contributed by atoms with E-state index in [1.807, 2.05) is 0 Å². The lowest BCUT2D eigenvalue weighted by Gasteiger charge is -2.30. The van der Waals surface area contributed by atoms with Crippen LogP contribution in [0.5, 0.6) is 0 Å². The maximum absolute atomic E-state index is 12.7. The van der Waals surface area contributed by atoms with Gasteiger partial charge in [0.15, 0.2) is 0 Å². The van der Waals surface area contributed by atoms with Crippen LogP contribution in [0.1, 0.15) is 29.6 Å². The second-order valence-electron chi connectivity index (χ2n) is 6.28. The van der Waals surface area contributed by atoms with Crippen LogP contribution < -0.4 is 10.2 Å². The molecule has 2 fully saturated rings. The third-order valence-electron chi connectivity index (χ3n) is 4.51. The fraction of sp³-hybridized carbons (Fsp3) is 0.588. The number of nitrogens with one attached hydrogen (secondary N) is 1. The van der Waals surface area contributed by atoms with Gasteiger partial charge in [-0.05, 0) is 25.3 Å². The van der Waals surface area contributed by atoms with Crippen molar-refractivity contribution in [2.24, 2.45) is 0 Å². The van der Waals surface area contributed by atoms with Gasteiger partial charge in [0.2, 0.25) is 0 Å². The van der Waals surface area contributed by atoms with E-state index in [0.717, 1.165) is 31.6 Å². The van der Waals surface area contributed by atoms with Crippen molar-refractivity contribution in [2.75, 3.05) is 44.4 Å². The molecule has 8 heteroatoms. The lowest BCUT2D eigenvalue weighted by Crippen LogP contribution is -2.40. The molecular formula is C17H23N3O5. The van der Waals surface area contributed by atoms with Crippen molar-refractivity contribution in [1.29, 1.82) is 0 Å². The fourth-order valence-corrected chi connectivity index (χ4v) is 3.19. The summed E-state index contributed by atoms with van der Waals surface area (Å²) in [5.41, 5.74) is 1.01. The molecule has 0 spiro atoms. The predicted octanol–water partition coefficient (Wildman–Crippen LogP) is 1.73. The number of non-ortho nitro benzene ring substituents is 1. The number of ether oxygens (including phenoxy) is 2. The zero-order valence-electron chi connectivity index (χ0n) is 14.1. The van der Waals surface area contributed by atoms with Crippen LogP contribution in [-0.2, 0) is 9.47 Å². The van der Waals surface area contributed by atoms with E-state index in [1.165, 1.54) is 18.6 Å².